The molecule has 0 aromatic carbocycles. The molecule has 0 spiro atoms. The van der Waals surface area contributed by atoms with E-state index in [9.17, 15) is 4.79 Å². The third kappa shape index (κ3) is 2.02. The number of nitrogens with zero attached hydrogens (tertiary/aromatic N) is 1. The molecular weight excluding hydrogens is 256 g/mol. The smallest absolute Gasteiger partial charge is 0.266 e. The zero-order valence-corrected chi connectivity index (χ0v) is 11.7. The molecule has 4 aliphatic carbocycles. The van der Waals surface area contributed by atoms with Gasteiger partial charge in [-0.1, -0.05) is 6.07 Å². The maximum atomic E-state index is 11.9. The summed E-state index contributed by atoms with van der Waals surface area (Å²) in [5.74, 6) is 3.12. The highest BCUT2D eigenvalue weighted by Gasteiger charge is 2.46. The summed E-state index contributed by atoms with van der Waals surface area (Å²) in [4.78, 5) is 12.7. The van der Waals surface area contributed by atoms with Crippen molar-refractivity contribution in [2.24, 2.45) is 28.8 Å². The molecule has 4 saturated carbocycles. The first-order valence-electron chi connectivity index (χ1n) is 7.21. The van der Waals surface area contributed by atoms with Crippen molar-refractivity contribution in [2.45, 2.75) is 32.1 Å². The molecule has 0 unspecified atom stereocenters. The van der Waals surface area contributed by atoms with Crippen molar-refractivity contribution in [1.82, 2.24) is 5.43 Å². The fraction of sp³-hybridized carbons (Fsp3) is 0.600. The van der Waals surface area contributed by atoms with Gasteiger partial charge in [0.05, 0.1) is 4.88 Å². The maximum absolute atomic E-state index is 11.9. The molecule has 100 valence electrons. The van der Waals surface area contributed by atoms with E-state index in [1.54, 1.807) is 0 Å². The molecule has 4 aliphatic rings. The molecule has 4 fully saturated rings. The lowest BCUT2D eigenvalue weighted by Crippen LogP contribution is -2.46. The summed E-state index contributed by atoms with van der Waals surface area (Å²) in [6, 6.07) is 3.74. The van der Waals surface area contributed by atoms with E-state index < -0.39 is 0 Å². The van der Waals surface area contributed by atoms with Gasteiger partial charge in [-0.25, -0.2) is 5.43 Å². The molecule has 1 aromatic rings. The number of hydrogen-bond acceptors (Lipinski definition) is 3. The molecule has 5 rings (SSSR count). The van der Waals surface area contributed by atoms with Crippen molar-refractivity contribution < 1.29 is 4.79 Å². The minimum atomic E-state index is -0.0590. The zero-order valence-electron chi connectivity index (χ0n) is 10.8. The second-order valence-corrected chi connectivity index (χ2v) is 7.21. The van der Waals surface area contributed by atoms with Crippen molar-refractivity contribution in [3.05, 3.63) is 22.4 Å². The quantitative estimate of drug-likeness (QED) is 0.826. The molecule has 0 saturated heterocycles. The van der Waals surface area contributed by atoms with Crippen LogP contribution < -0.4 is 5.43 Å². The van der Waals surface area contributed by atoms with Gasteiger partial charge >= 0.3 is 0 Å². The fourth-order valence-corrected chi connectivity index (χ4v) is 5.04. The molecule has 3 nitrogen and oxygen atoms in total. The van der Waals surface area contributed by atoms with E-state index in [2.05, 4.69) is 10.5 Å². The average molecular weight is 274 g/mol. The van der Waals surface area contributed by atoms with Crippen molar-refractivity contribution in [3.63, 3.8) is 0 Å². The SMILES string of the molecule is O=C(NN=C1C2CC3CC(C2)CC1C3)c1cccs1. The first-order valence-corrected chi connectivity index (χ1v) is 8.09. The van der Waals surface area contributed by atoms with E-state index in [-0.39, 0.29) is 5.91 Å². The van der Waals surface area contributed by atoms with Crippen LogP contribution in [-0.2, 0) is 0 Å². The molecule has 1 amide bonds. The Morgan fingerprint density at radius 2 is 1.84 bits per heavy atom. The minimum Gasteiger partial charge on any atom is -0.266 e. The Morgan fingerprint density at radius 1 is 1.16 bits per heavy atom. The molecule has 1 aromatic heterocycles. The van der Waals surface area contributed by atoms with Gasteiger partial charge in [-0.3, -0.25) is 4.79 Å². The Kier molecular flexibility index (Phi) is 2.72. The highest BCUT2D eigenvalue weighted by Crippen LogP contribution is 2.52. The molecule has 1 heterocycles. The van der Waals surface area contributed by atoms with Crippen molar-refractivity contribution in [3.8, 4) is 0 Å². The van der Waals surface area contributed by atoms with Crippen molar-refractivity contribution >= 4 is 23.0 Å². The van der Waals surface area contributed by atoms with Crippen LogP contribution in [-0.4, -0.2) is 11.6 Å². The van der Waals surface area contributed by atoms with Crippen LogP contribution >= 0.6 is 11.3 Å². The first-order chi connectivity index (χ1) is 9.29. The van der Waals surface area contributed by atoms with Gasteiger partial charge < -0.3 is 0 Å². The van der Waals surface area contributed by atoms with E-state index in [1.807, 2.05) is 17.5 Å². The lowest BCUT2D eigenvalue weighted by Gasteiger charge is -2.50. The van der Waals surface area contributed by atoms with Gasteiger partial charge in [0.2, 0.25) is 0 Å². The normalized spacial score (nSPS) is 35.5. The number of nitrogens with one attached hydrogen (secondary N) is 1. The molecular formula is C15H18N2OS. The zero-order chi connectivity index (χ0) is 12.8. The number of rotatable bonds is 2. The fourth-order valence-electron chi connectivity index (χ4n) is 4.43. The third-order valence-electron chi connectivity index (χ3n) is 5.01. The van der Waals surface area contributed by atoms with Crippen LogP contribution in [0.2, 0.25) is 0 Å². The van der Waals surface area contributed by atoms with E-state index in [0.717, 1.165) is 16.7 Å². The van der Waals surface area contributed by atoms with Crippen LogP contribution in [0, 0.1) is 23.7 Å². The lowest BCUT2D eigenvalue weighted by molar-refractivity contribution is 0.0946. The molecule has 1 N–H and O–H groups in total. The van der Waals surface area contributed by atoms with Crippen LogP contribution in [0.1, 0.15) is 41.8 Å². The van der Waals surface area contributed by atoms with E-state index in [1.165, 1.54) is 49.2 Å². The van der Waals surface area contributed by atoms with Gasteiger partial charge in [0.25, 0.3) is 5.91 Å². The van der Waals surface area contributed by atoms with Gasteiger partial charge in [0.15, 0.2) is 0 Å². The van der Waals surface area contributed by atoms with Crippen LogP contribution in [0.4, 0.5) is 0 Å². The summed E-state index contributed by atoms with van der Waals surface area (Å²) < 4.78 is 0. The Labute approximate surface area is 117 Å². The summed E-state index contributed by atoms with van der Waals surface area (Å²) in [7, 11) is 0. The van der Waals surface area contributed by atoms with Crippen molar-refractivity contribution in [2.75, 3.05) is 0 Å². The summed E-state index contributed by atoms with van der Waals surface area (Å²) in [5.41, 5.74) is 4.06. The third-order valence-corrected chi connectivity index (χ3v) is 5.87. The predicted octanol–water partition coefficient (Wildman–Crippen LogP) is 3.29. The summed E-state index contributed by atoms with van der Waals surface area (Å²) in [6.07, 6.45) is 6.67. The number of amides is 1. The van der Waals surface area contributed by atoms with Gasteiger partial charge in [-0.05, 0) is 67.2 Å². The van der Waals surface area contributed by atoms with Crippen LogP contribution in [0.3, 0.4) is 0 Å². The number of carbonyl (C=O) groups excluding carboxylic acids is 1. The molecule has 4 heteroatoms. The average Bonchev–Trinajstić information content (AvgIpc) is 2.90. The Hall–Kier alpha value is -1.16. The molecule has 0 atom stereocenters. The van der Waals surface area contributed by atoms with Crippen LogP contribution in [0.15, 0.2) is 22.6 Å². The Balaban J connectivity index is 1.50. The summed E-state index contributed by atoms with van der Waals surface area (Å²) >= 11 is 1.47. The van der Waals surface area contributed by atoms with E-state index in [0.29, 0.717) is 11.8 Å². The van der Waals surface area contributed by atoms with Crippen molar-refractivity contribution in [1.29, 1.82) is 0 Å². The summed E-state index contributed by atoms with van der Waals surface area (Å²) in [5, 5.41) is 6.42. The molecule has 0 radical (unpaired) electrons. The highest BCUT2D eigenvalue weighted by atomic mass is 32.1. The van der Waals surface area contributed by atoms with E-state index in [4.69, 9.17) is 0 Å². The number of hydrogen-bond donors (Lipinski definition) is 1. The second-order valence-electron chi connectivity index (χ2n) is 6.26. The Bertz CT molecular complexity index is 490. The maximum Gasteiger partial charge on any atom is 0.281 e. The van der Waals surface area contributed by atoms with Crippen LogP contribution in [0.25, 0.3) is 0 Å². The summed E-state index contributed by atoms with van der Waals surface area (Å²) in [6.45, 7) is 0. The largest absolute Gasteiger partial charge is 0.281 e. The van der Waals surface area contributed by atoms with E-state index >= 15 is 0 Å². The van der Waals surface area contributed by atoms with Gasteiger partial charge in [0, 0.05) is 5.71 Å². The van der Waals surface area contributed by atoms with Gasteiger partial charge in [0.1, 0.15) is 0 Å². The molecule has 4 bridgehead atoms. The van der Waals surface area contributed by atoms with Gasteiger partial charge in [-0.2, -0.15) is 5.10 Å². The van der Waals surface area contributed by atoms with Gasteiger partial charge in [-0.15, -0.1) is 11.3 Å². The number of hydrazone groups is 1. The highest BCUT2D eigenvalue weighted by molar-refractivity contribution is 7.12. The molecule has 19 heavy (non-hydrogen) atoms. The second kappa shape index (κ2) is 4.44. The lowest BCUT2D eigenvalue weighted by atomic mass is 9.55. The topological polar surface area (TPSA) is 41.5 Å². The number of carbonyl (C=O) groups is 1. The minimum absolute atomic E-state index is 0.0590. The predicted molar refractivity (Wildman–Crippen MR) is 76.3 cm³/mol. The first kappa shape index (κ1) is 11.6. The van der Waals surface area contributed by atoms with Crippen LogP contribution in [0.5, 0.6) is 0 Å². The Morgan fingerprint density at radius 3 is 2.42 bits per heavy atom. The number of thiophene rings is 1. The molecule has 0 aliphatic heterocycles. The monoisotopic (exact) mass is 274 g/mol. The standard InChI is InChI=1S/C15H18N2OS/c18-15(13-2-1-3-19-13)17-16-14-11-5-9-4-10(7-11)8-12(14)6-9/h1-3,9-12H,4-8H2,(H,17,18).